The number of nitrogens with one attached hydrogen (secondary N) is 2. The monoisotopic (exact) mass is 238 g/mol. The minimum Gasteiger partial charge on any atom is -0.368 e. The van der Waals surface area contributed by atoms with Crippen molar-refractivity contribution in [3.8, 4) is 0 Å². The van der Waals surface area contributed by atoms with Gasteiger partial charge in [0.25, 0.3) is 0 Å². The molecule has 1 heterocycles. The van der Waals surface area contributed by atoms with Crippen LogP contribution in [0.2, 0.25) is 0 Å². The van der Waals surface area contributed by atoms with Crippen LogP contribution in [0.1, 0.15) is 26.3 Å². The first kappa shape index (κ1) is 13.2. The Morgan fingerprint density at radius 1 is 1.41 bits per heavy atom. The fraction of sp³-hybridized carbons (Fsp3) is 0.500. The standard InChI is InChI=1S/C10H18N6O/c1-4-6-7(13-5-14-8(6)16-12)15-10(2,3)9(11)17/h5H,4,12H2,1-3H3,(H2,11,17)(H2,13,14,15,16). The lowest BCUT2D eigenvalue weighted by Crippen LogP contribution is -2.45. The van der Waals surface area contributed by atoms with Gasteiger partial charge in [0, 0.05) is 5.56 Å². The minimum absolute atomic E-state index is 0.458. The molecule has 1 rings (SSSR count). The lowest BCUT2D eigenvalue weighted by Gasteiger charge is -2.24. The largest absolute Gasteiger partial charge is 0.368 e. The average molecular weight is 238 g/mol. The third kappa shape index (κ3) is 2.82. The number of carbonyl (C=O) groups excluding carboxylic acids is 1. The predicted octanol–water partition coefficient (Wildman–Crippen LogP) is 0.000400. The van der Waals surface area contributed by atoms with E-state index in [0.717, 1.165) is 5.56 Å². The Hall–Kier alpha value is -1.89. The van der Waals surface area contributed by atoms with Crippen molar-refractivity contribution in [1.82, 2.24) is 9.97 Å². The normalized spacial score (nSPS) is 11.1. The molecular formula is C10H18N6O. The summed E-state index contributed by atoms with van der Waals surface area (Å²) >= 11 is 0. The third-order valence-corrected chi connectivity index (χ3v) is 2.48. The van der Waals surface area contributed by atoms with Crippen molar-refractivity contribution < 1.29 is 4.79 Å². The molecule has 0 aliphatic rings. The molecule has 0 aliphatic heterocycles. The summed E-state index contributed by atoms with van der Waals surface area (Å²) in [5.74, 6) is 5.99. The number of hydrogen-bond acceptors (Lipinski definition) is 6. The highest BCUT2D eigenvalue weighted by Gasteiger charge is 2.26. The van der Waals surface area contributed by atoms with Gasteiger partial charge in [-0.05, 0) is 20.3 Å². The van der Waals surface area contributed by atoms with E-state index in [1.807, 2.05) is 6.92 Å². The van der Waals surface area contributed by atoms with Crippen LogP contribution in [0.15, 0.2) is 6.33 Å². The van der Waals surface area contributed by atoms with E-state index in [0.29, 0.717) is 18.1 Å². The van der Waals surface area contributed by atoms with Crippen molar-refractivity contribution in [2.24, 2.45) is 11.6 Å². The summed E-state index contributed by atoms with van der Waals surface area (Å²) in [4.78, 5) is 19.4. The summed E-state index contributed by atoms with van der Waals surface area (Å²) in [5.41, 5.74) is 7.71. The maximum Gasteiger partial charge on any atom is 0.242 e. The summed E-state index contributed by atoms with van der Waals surface area (Å²) in [5, 5.41) is 2.99. The van der Waals surface area contributed by atoms with E-state index in [1.54, 1.807) is 13.8 Å². The lowest BCUT2D eigenvalue weighted by atomic mass is 10.0. The molecule has 0 fully saturated rings. The van der Waals surface area contributed by atoms with Gasteiger partial charge in [-0.15, -0.1) is 0 Å². The van der Waals surface area contributed by atoms with Crippen LogP contribution in [-0.4, -0.2) is 21.4 Å². The molecule has 0 bridgehead atoms. The number of hydrazine groups is 1. The number of aromatic nitrogens is 2. The molecule has 0 aliphatic carbocycles. The topological polar surface area (TPSA) is 119 Å². The van der Waals surface area contributed by atoms with Gasteiger partial charge in [-0.3, -0.25) is 4.79 Å². The van der Waals surface area contributed by atoms with Crippen LogP contribution in [0.5, 0.6) is 0 Å². The molecule has 0 unspecified atom stereocenters. The molecule has 0 aromatic carbocycles. The Morgan fingerprint density at radius 3 is 2.47 bits per heavy atom. The summed E-state index contributed by atoms with van der Waals surface area (Å²) in [7, 11) is 0. The molecule has 7 heteroatoms. The molecule has 1 amide bonds. The number of anilines is 2. The first-order chi connectivity index (χ1) is 7.92. The van der Waals surface area contributed by atoms with Crippen LogP contribution in [0, 0.1) is 0 Å². The van der Waals surface area contributed by atoms with Gasteiger partial charge in [0.2, 0.25) is 5.91 Å². The molecule has 7 nitrogen and oxygen atoms in total. The molecule has 0 atom stereocenters. The zero-order chi connectivity index (χ0) is 13.1. The minimum atomic E-state index is -0.885. The SMILES string of the molecule is CCc1c(NN)ncnc1NC(C)(C)C(N)=O. The van der Waals surface area contributed by atoms with Gasteiger partial charge in [0.1, 0.15) is 23.5 Å². The second-order valence-electron chi connectivity index (χ2n) is 4.16. The van der Waals surface area contributed by atoms with Gasteiger partial charge in [-0.2, -0.15) is 0 Å². The van der Waals surface area contributed by atoms with E-state index in [2.05, 4.69) is 20.7 Å². The van der Waals surface area contributed by atoms with Crippen LogP contribution in [0.25, 0.3) is 0 Å². The van der Waals surface area contributed by atoms with Gasteiger partial charge in [-0.25, -0.2) is 15.8 Å². The van der Waals surface area contributed by atoms with E-state index in [-0.39, 0.29) is 0 Å². The number of hydrogen-bond donors (Lipinski definition) is 4. The van der Waals surface area contributed by atoms with Crippen LogP contribution in [0.3, 0.4) is 0 Å². The second-order valence-corrected chi connectivity index (χ2v) is 4.16. The highest BCUT2D eigenvalue weighted by molar-refractivity contribution is 5.87. The molecular weight excluding hydrogens is 220 g/mol. The summed E-state index contributed by atoms with van der Waals surface area (Å²) in [6.45, 7) is 5.32. The van der Waals surface area contributed by atoms with Crippen molar-refractivity contribution in [3.05, 3.63) is 11.9 Å². The Balaban J connectivity index is 3.10. The number of nitrogen functional groups attached to an aromatic ring is 1. The first-order valence-electron chi connectivity index (χ1n) is 5.31. The molecule has 0 spiro atoms. The number of primary amides is 1. The maximum atomic E-state index is 11.3. The average Bonchev–Trinajstić information content (AvgIpc) is 2.27. The Morgan fingerprint density at radius 2 is 2.00 bits per heavy atom. The highest BCUT2D eigenvalue weighted by Crippen LogP contribution is 2.22. The Kier molecular flexibility index (Phi) is 3.84. The van der Waals surface area contributed by atoms with Crippen LogP contribution in [0.4, 0.5) is 11.6 Å². The maximum absolute atomic E-state index is 11.3. The molecule has 0 saturated carbocycles. The Labute approximate surface area is 100.0 Å². The predicted molar refractivity (Wildman–Crippen MR) is 66.1 cm³/mol. The van der Waals surface area contributed by atoms with Crippen molar-refractivity contribution >= 4 is 17.5 Å². The van der Waals surface area contributed by atoms with E-state index in [9.17, 15) is 4.79 Å². The van der Waals surface area contributed by atoms with Crippen molar-refractivity contribution in [3.63, 3.8) is 0 Å². The molecule has 1 aromatic rings. The summed E-state index contributed by atoms with van der Waals surface area (Å²) in [6.07, 6.45) is 2.05. The van der Waals surface area contributed by atoms with Crippen LogP contribution < -0.4 is 22.3 Å². The lowest BCUT2D eigenvalue weighted by molar-refractivity contribution is -0.121. The van der Waals surface area contributed by atoms with Crippen molar-refractivity contribution in [1.29, 1.82) is 0 Å². The fourth-order valence-electron chi connectivity index (χ4n) is 1.34. The molecule has 0 radical (unpaired) electrons. The smallest absolute Gasteiger partial charge is 0.242 e. The highest BCUT2D eigenvalue weighted by atomic mass is 16.1. The summed E-state index contributed by atoms with van der Waals surface area (Å²) in [6, 6.07) is 0. The zero-order valence-corrected chi connectivity index (χ0v) is 10.2. The van der Waals surface area contributed by atoms with Crippen molar-refractivity contribution in [2.75, 3.05) is 10.7 Å². The number of nitrogens with two attached hydrogens (primary N) is 2. The van der Waals surface area contributed by atoms with Crippen molar-refractivity contribution in [2.45, 2.75) is 32.7 Å². The molecule has 6 N–H and O–H groups in total. The molecule has 17 heavy (non-hydrogen) atoms. The molecule has 94 valence electrons. The second kappa shape index (κ2) is 4.96. The van der Waals surface area contributed by atoms with Crippen LogP contribution in [-0.2, 0) is 11.2 Å². The molecule has 0 saturated heterocycles. The van der Waals surface area contributed by atoms with Gasteiger partial charge < -0.3 is 16.5 Å². The van der Waals surface area contributed by atoms with Gasteiger partial charge >= 0.3 is 0 Å². The van der Waals surface area contributed by atoms with Crippen LogP contribution >= 0.6 is 0 Å². The number of rotatable bonds is 5. The summed E-state index contributed by atoms with van der Waals surface area (Å²) < 4.78 is 0. The number of amides is 1. The third-order valence-electron chi connectivity index (χ3n) is 2.48. The van der Waals surface area contributed by atoms with Gasteiger partial charge in [-0.1, -0.05) is 6.92 Å². The number of nitrogens with zero attached hydrogens (tertiary/aromatic N) is 2. The first-order valence-corrected chi connectivity index (χ1v) is 5.31. The zero-order valence-electron chi connectivity index (χ0n) is 10.2. The Bertz CT molecular complexity index is 417. The van der Waals surface area contributed by atoms with Gasteiger partial charge in [0.05, 0.1) is 0 Å². The van der Waals surface area contributed by atoms with E-state index >= 15 is 0 Å². The van der Waals surface area contributed by atoms with E-state index < -0.39 is 11.4 Å². The fourth-order valence-corrected chi connectivity index (χ4v) is 1.34. The van der Waals surface area contributed by atoms with Gasteiger partial charge in [0.15, 0.2) is 0 Å². The quantitative estimate of drug-likeness (QED) is 0.423. The number of carbonyl (C=O) groups is 1. The van der Waals surface area contributed by atoms with E-state index in [4.69, 9.17) is 11.6 Å². The molecule has 1 aromatic heterocycles. The van der Waals surface area contributed by atoms with E-state index in [1.165, 1.54) is 6.33 Å².